The molecule has 0 bridgehead atoms. The van der Waals surface area contributed by atoms with Gasteiger partial charge in [-0.15, -0.1) is 0 Å². The number of nitrogens with zero attached hydrogens (tertiary/aromatic N) is 1. The third kappa shape index (κ3) is 4.25. The summed E-state index contributed by atoms with van der Waals surface area (Å²) >= 11 is 0. The van der Waals surface area contributed by atoms with E-state index in [2.05, 4.69) is 62.9 Å². The average molecular weight is 352 g/mol. The standard InChI is InChI=1S/C25H37N/c1-24(2)15-21(16-25(3,4)18-24)23-8-6-5-7-22(23)20-11-13-26(14-12-20)17-19-9-10-19/h5-8,11,19,21H,9-10,12-18H2,1-4H3. The summed E-state index contributed by atoms with van der Waals surface area (Å²) in [5.74, 6) is 1.71. The molecule has 3 aliphatic rings. The lowest BCUT2D eigenvalue weighted by Gasteiger charge is -2.45. The number of rotatable bonds is 4. The Morgan fingerprint density at radius 2 is 1.69 bits per heavy atom. The Hall–Kier alpha value is -1.08. The first-order chi connectivity index (χ1) is 12.3. The van der Waals surface area contributed by atoms with E-state index in [-0.39, 0.29) is 0 Å². The van der Waals surface area contributed by atoms with Crippen molar-refractivity contribution in [2.45, 2.75) is 72.1 Å². The predicted octanol–water partition coefficient (Wildman–Crippen LogP) is 6.51. The van der Waals surface area contributed by atoms with Gasteiger partial charge in [0.05, 0.1) is 0 Å². The molecule has 2 aliphatic carbocycles. The molecule has 0 saturated heterocycles. The fraction of sp³-hybridized carbons (Fsp3) is 0.680. The van der Waals surface area contributed by atoms with Gasteiger partial charge >= 0.3 is 0 Å². The van der Waals surface area contributed by atoms with Crippen molar-refractivity contribution in [3.8, 4) is 0 Å². The molecule has 0 aromatic heterocycles. The monoisotopic (exact) mass is 351 g/mol. The van der Waals surface area contributed by atoms with Crippen LogP contribution in [0.3, 0.4) is 0 Å². The second kappa shape index (κ2) is 6.82. The lowest BCUT2D eigenvalue weighted by Crippen LogP contribution is -2.33. The van der Waals surface area contributed by atoms with Gasteiger partial charge < -0.3 is 0 Å². The molecular weight excluding hydrogens is 314 g/mol. The smallest absolute Gasteiger partial charge is 0.0169 e. The number of benzene rings is 1. The van der Waals surface area contributed by atoms with Gasteiger partial charge in [-0.2, -0.15) is 0 Å². The minimum Gasteiger partial charge on any atom is -0.299 e. The van der Waals surface area contributed by atoms with Crippen LogP contribution in [-0.4, -0.2) is 24.5 Å². The van der Waals surface area contributed by atoms with E-state index in [0.29, 0.717) is 16.7 Å². The van der Waals surface area contributed by atoms with Crippen molar-refractivity contribution in [2.75, 3.05) is 19.6 Å². The van der Waals surface area contributed by atoms with Gasteiger partial charge in [0.25, 0.3) is 0 Å². The minimum atomic E-state index is 0.446. The molecule has 0 atom stereocenters. The van der Waals surface area contributed by atoms with E-state index < -0.39 is 0 Å². The van der Waals surface area contributed by atoms with Gasteiger partial charge in [-0.25, -0.2) is 0 Å². The third-order valence-electron chi connectivity index (χ3n) is 6.81. The summed E-state index contributed by atoms with van der Waals surface area (Å²) in [4.78, 5) is 2.66. The highest BCUT2D eigenvalue weighted by molar-refractivity contribution is 5.70. The first-order valence-electron chi connectivity index (χ1n) is 10.8. The predicted molar refractivity (Wildman–Crippen MR) is 112 cm³/mol. The maximum Gasteiger partial charge on any atom is 0.0169 e. The van der Waals surface area contributed by atoms with Crippen LogP contribution >= 0.6 is 0 Å². The molecule has 1 heteroatoms. The van der Waals surface area contributed by atoms with E-state index in [9.17, 15) is 0 Å². The van der Waals surface area contributed by atoms with E-state index in [4.69, 9.17) is 0 Å². The third-order valence-corrected chi connectivity index (χ3v) is 6.81. The van der Waals surface area contributed by atoms with Crippen LogP contribution < -0.4 is 0 Å². The van der Waals surface area contributed by atoms with Gasteiger partial charge in [0.1, 0.15) is 0 Å². The first kappa shape index (κ1) is 18.3. The molecule has 2 fully saturated rings. The highest BCUT2D eigenvalue weighted by atomic mass is 15.1. The summed E-state index contributed by atoms with van der Waals surface area (Å²) in [6.07, 6.45) is 10.7. The summed E-state index contributed by atoms with van der Waals surface area (Å²) in [5.41, 5.74) is 5.67. The second-order valence-corrected chi connectivity index (χ2v) is 10.9. The molecule has 26 heavy (non-hydrogen) atoms. The second-order valence-electron chi connectivity index (χ2n) is 10.9. The molecule has 1 aliphatic heterocycles. The summed E-state index contributed by atoms with van der Waals surface area (Å²) in [6.45, 7) is 13.6. The molecular formula is C25H37N. The molecule has 0 radical (unpaired) electrons. The van der Waals surface area contributed by atoms with Crippen molar-refractivity contribution >= 4 is 5.57 Å². The van der Waals surface area contributed by atoms with Crippen molar-refractivity contribution in [2.24, 2.45) is 16.7 Å². The van der Waals surface area contributed by atoms with E-state index in [1.54, 1.807) is 16.7 Å². The molecule has 142 valence electrons. The maximum atomic E-state index is 2.66. The zero-order chi connectivity index (χ0) is 18.4. The van der Waals surface area contributed by atoms with Crippen LogP contribution in [0.4, 0.5) is 0 Å². The summed E-state index contributed by atoms with van der Waals surface area (Å²) in [5, 5.41) is 0. The summed E-state index contributed by atoms with van der Waals surface area (Å²) in [7, 11) is 0. The summed E-state index contributed by atoms with van der Waals surface area (Å²) < 4.78 is 0. The molecule has 0 unspecified atom stereocenters. The molecule has 0 amide bonds. The lowest BCUT2D eigenvalue weighted by atomic mass is 9.60. The topological polar surface area (TPSA) is 3.24 Å². The molecule has 1 aromatic rings. The Labute approximate surface area is 160 Å². The van der Waals surface area contributed by atoms with Crippen LogP contribution in [0.25, 0.3) is 5.57 Å². The fourth-order valence-electron chi connectivity index (χ4n) is 6.00. The molecule has 0 spiro atoms. The normalized spacial score (nSPS) is 26.5. The van der Waals surface area contributed by atoms with Crippen molar-refractivity contribution < 1.29 is 0 Å². The molecule has 0 N–H and O–H groups in total. The van der Waals surface area contributed by atoms with Gasteiger partial charge in [-0.3, -0.25) is 4.90 Å². The Morgan fingerprint density at radius 1 is 1.00 bits per heavy atom. The van der Waals surface area contributed by atoms with Crippen LogP contribution in [0, 0.1) is 16.7 Å². The summed E-state index contributed by atoms with van der Waals surface area (Å²) in [6, 6.07) is 9.33. The first-order valence-corrected chi connectivity index (χ1v) is 10.8. The Bertz CT molecular complexity index is 661. The molecule has 1 heterocycles. The van der Waals surface area contributed by atoms with Crippen molar-refractivity contribution in [3.05, 3.63) is 41.5 Å². The highest BCUT2D eigenvalue weighted by Gasteiger charge is 2.39. The van der Waals surface area contributed by atoms with Crippen LogP contribution in [0.5, 0.6) is 0 Å². The zero-order valence-electron chi connectivity index (χ0n) is 17.4. The maximum absolute atomic E-state index is 2.66. The van der Waals surface area contributed by atoms with Gasteiger partial charge in [0, 0.05) is 19.6 Å². The highest BCUT2D eigenvalue weighted by Crippen LogP contribution is 2.52. The van der Waals surface area contributed by atoms with Crippen LogP contribution in [-0.2, 0) is 0 Å². The minimum absolute atomic E-state index is 0.446. The average Bonchev–Trinajstić information content (AvgIpc) is 3.37. The van der Waals surface area contributed by atoms with E-state index in [1.165, 1.54) is 51.6 Å². The Balaban J connectivity index is 1.56. The zero-order valence-corrected chi connectivity index (χ0v) is 17.4. The molecule has 4 rings (SSSR count). The van der Waals surface area contributed by atoms with Gasteiger partial charge in [0.2, 0.25) is 0 Å². The fourth-order valence-corrected chi connectivity index (χ4v) is 6.00. The lowest BCUT2D eigenvalue weighted by molar-refractivity contribution is 0.0968. The van der Waals surface area contributed by atoms with E-state index in [0.717, 1.165) is 12.5 Å². The van der Waals surface area contributed by atoms with Crippen molar-refractivity contribution in [1.29, 1.82) is 0 Å². The van der Waals surface area contributed by atoms with Crippen molar-refractivity contribution in [3.63, 3.8) is 0 Å². The van der Waals surface area contributed by atoms with Crippen LogP contribution in [0.1, 0.15) is 83.3 Å². The van der Waals surface area contributed by atoms with Gasteiger partial charge in [-0.1, -0.05) is 58.0 Å². The van der Waals surface area contributed by atoms with Crippen LogP contribution in [0.2, 0.25) is 0 Å². The Kier molecular flexibility index (Phi) is 4.80. The van der Waals surface area contributed by atoms with Gasteiger partial charge in [0.15, 0.2) is 0 Å². The van der Waals surface area contributed by atoms with Crippen LogP contribution in [0.15, 0.2) is 30.3 Å². The molecule has 1 nitrogen and oxygen atoms in total. The number of hydrogen-bond acceptors (Lipinski definition) is 1. The van der Waals surface area contributed by atoms with Gasteiger partial charge in [-0.05, 0) is 77.9 Å². The van der Waals surface area contributed by atoms with Crippen molar-refractivity contribution in [1.82, 2.24) is 4.90 Å². The number of hydrogen-bond donors (Lipinski definition) is 0. The molecule has 1 aromatic carbocycles. The quantitative estimate of drug-likeness (QED) is 0.598. The molecule has 2 saturated carbocycles. The van der Waals surface area contributed by atoms with E-state index in [1.807, 2.05) is 0 Å². The van der Waals surface area contributed by atoms with E-state index >= 15 is 0 Å². The largest absolute Gasteiger partial charge is 0.299 e. The SMILES string of the molecule is CC1(C)CC(c2ccccc2C2=CCN(CC3CC3)CC2)CC(C)(C)C1. The Morgan fingerprint density at radius 3 is 2.31 bits per heavy atom.